The minimum atomic E-state index is -0.602. The molecule has 0 saturated carbocycles. The molecule has 0 aliphatic carbocycles. The number of nitrogens with zero attached hydrogens (tertiary/aromatic N) is 5. The summed E-state index contributed by atoms with van der Waals surface area (Å²) in [4.78, 5) is 12.1. The highest BCUT2D eigenvalue weighted by atomic mass is 35.5. The van der Waals surface area contributed by atoms with Gasteiger partial charge in [-0.3, -0.25) is 4.79 Å². The Morgan fingerprint density at radius 3 is 2.78 bits per heavy atom. The first-order valence-electron chi connectivity index (χ1n) is 8.61. The number of methoxy groups -OCH3 is 1. The van der Waals surface area contributed by atoms with E-state index in [-0.39, 0.29) is 11.9 Å². The summed E-state index contributed by atoms with van der Waals surface area (Å²) in [6, 6.07) is 15.0. The van der Waals surface area contributed by atoms with Gasteiger partial charge >= 0.3 is 0 Å². The van der Waals surface area contributed by atoms with Crippen molar-refractivity contribution in [3.8, 4) is 5.75 Å². The minimum Gasteiger partial charge on any atom is -0.497 e. The van der Waals surface area contributed by atoms with E-state index < -0.39 is 5.38 Å². The molecule has 4 rings (SSSR count). The lowest BCUT2D eigenvalue weighted by Gasteiger charge is -2.40. The predicted octanol–water partition coefficient (Wildman–Crippen LogP) is 3.01. The van der Waals surface area contributed by atoms with Crippen LogP contribution in [-0.2, 0) is 11.3 Å². The first kappa shape index (κ1) is 17.5. The molecule has 138 valence electrons. The van der Waals surface area contributed by atoms with Crippen molar-refractivity contribution >= 4 is 34.8 Å². The maximum Gasteiger partial charge on any atom is 0.263 e. The number of halogens is 1. The summed E-state index contributed by atoms with van der Waals surface area (Å²) >= 11 is 6.21. The van der Waals surface area contributed by atoms with E-state index in [0.717, 1.165) is 22.3 Å². The molecule has 27 heavy (non-hydrogen) atoms. The fourth-order valence-electron chi connectivity index (χ4n) is 3.09. The monoisotopic (exact) mass is 383 g/mol. The number of carbonyl (C=O) groups excluding carboxylic acids is 1. The van der Waals surface area contributed by atoms with Crippen LogP contribution in [0, 0.1) is 0 Å². The molecule has 0 N–H and O–H groups in total. The van der Waals surface area contributed by atoms with Crippen LogP contribution in [0.15, 0.2) is 53.6 Å². The van der Waals surface area contributed by atoms with E-state index in [9.17, 15) is 4.79 Å². The van der Waals surface area contributed by atoms with Crippen LogP contribution in [0.3, 0.4) is 0 Å². The van der Waals surface area contributed by atoms with Crippen molar-refractivity contribution in [2.75, 3.05) is 7.11 Å². The van der Waals surface area contributed by atoms with Crippen LogP contribution in [0.5, 0.6) is 5.75 Å². The molecule has 1 aliphatic heterocycles. The Balaban J connectivity index is 1.41. The number of benzene rings is 2. The van der Waals surface area contributed by atoms with E-state index >= 15 is 0 Å². The summed E-state index contributed by atoms with van der Waals surface area (Å²) in [6.45, 7) is 0.629. The van der Waals surface area contributed by atoms with Gasteiger partial charge in [-0.1, -0.05) is 29.5 Å². The molecular weight excluding hydrogens is 366 g/mol. The van der Waals surface area contributed by atoms with Crippen LogP contribution in [0.4, 0.5) is 0 Å². The SMILES string of the molecule is COc1ccc(C2C(Cl)C(=O)N2/N=C/CCn2nnc3ccccc32)cc1. The fraction of sp³-hybridized carbons (Fsp3) is 0.263. The van der Waals surface area contributed by atoms with E-state index in [1.165, 1.54) is 5.01 Å². The van der Waals surface area contributed by atoms with Gasteiger partial charge in [0.25, 0.3) is 5.91 Å². The maximum absolute atomic E-state index is 12.1. The molecule has 0 spiro atoms. The largest absolute Gasteiger partial charge is 0.497 e. The summed E-state index contributed by atoms with van der Waals surface area (Å²) in [6.07, 6.45) is 2.34. The smallest absolute Gasteiger partial charge is 0.263 e. The third-order valence-corrected chi connectivity index (χ3v) is 4.98. The molecule has 3 aromatic rings. The van der Waals surface area contributed by atoms with Crippen molar-refractivity contribution in [2.24, 2.45) is 5.10 Å². The van der Waals surface area contributed by atoms with Crippen molar-refractivity contribution in [3.63, 3.8) is 0 Å². The molecule has 1 aromatic heterocycles. The zero-order valence-corrected chi connectivity index (χ0v) is 15.5. The Morgan fingerprint density at radius 2 is 2.00 bits per heavy atom. The number of amides is 1. The molecule has 2 aromatic carbocycles. The highest BCUT2D eigenvalue weighted by molar-refractivity contribution is 6.33. The number of aromatic nitrogens is 3. The lowest BCUT2D eigenvalue weighted by atomic mass is 9.95. The van der Waals surface area contributed by atoms with Crippen LogP contribution in [0.1, 0.15) is 18.0 Å². The highest BCUT2D eigenvalue weighted by Crippen LogP contribution is 2.39. The van der Waals surface area contributed by atoms with E-state index in [4.69, 9.17) is 16.3 Å². The second-order valence-electron chi connectivity index (χ2n) is 6.19. The molecule has 0 radical (unpaired) electrons. The average molecular weight is 384 g/mol. The van der Waals surface area contributed by atoms with Gasteiger partial charge in [-0.05, 0) is 29.8 Å². The summed E-state index contributed by atoms with van der Waals surface area (Å²) in [5.74, 6) is 0.561. The van der Waals surface area contributed by atoms with E-state index in [0.29, 0.717) is 13.0 Å². The van der Waals surface area contributed by atoms with Gasteiger partial charge in [-0.2, -0.15) is 5.10 Å². The molecule has 1 aliphatic rings. The van der Waals surface area contributed by atoms with Gasteiger partial charge in [0.1, 0.15) is 22.7 Å². The summed E-state index contributed by atoms with van der Waals surface area (Å²) in [5, 5.41) is 13.4. The topological polar surface area (TPSA) is 72.6 Å². The number of hydrogen-bond donors (Lipinski definition) is 0. The van der Waals surface area contributed by atoms with Gasteiger partial charge in [0.15, 0.2) is 0 Å². The van der Waals surface area contributed by atoms with Crippen molar-refractivity contribution in [3.05, 3.63) is 54.1 Å². The third-order valence-electron chi connectivity index (χ3n) is 4.56. The molecular formula is C19H18ClN5O2. The van der Waals surface area contributed by atoms with Gasteiger partial charge < -0.3 is 4.74 Å². The van der Waals surface area contributed by atoms with Crippen molar-refractivity contribution in [1.82, 2.24) is 20.0 Å². The van der Waals surface area contributed by atoms with Crippen molar-refractivity contribution in [1.29, 1.82) is 0 Å². The van der Waals surface area contributed by atoms with Gasteiger partial charge in [0, 0.05) is 19.2 Å². The molecule has 1 saturated heterocycles. The molecule has 1 amide bonds. The predicted molar refractivity (Wildman–Crippen MR) is 103 cm³/mol. The van der Waals surface area contributed by atoms with Crippen molar-refractivity contribution in [2.45, 2.75) is 24.4 Å². The van der Waals surface area contributed by atoms with Gasteiger partial charge in [0.2, 0.25) is 0 Å². The number of para-hydroxylation sites is 1. The van der Waals surface area contributed by atoms with Crippen LogP contribution in [0.2, 0.25) is 0 Å². The molecule has 0 bridgehead atoms. The van der Waals surface area contributed by atoms with Gasteiger partial charge in [0.05, 0.1) is 12.6 Å². The average Bonchev–Trinajstić information content (AvgIpc) is 3.13. The van der Waals surface area contributed by atoms with Crippen LogP contribution in [0.25, 0.3) is 11.0 Å². The number of fused-ring (bicyclic) bond motifs is 1. The Morgan fingerprint density at radius 1 is 1.22 bits per heavy atom. The van der Waals surface area contributed by atoms with Crippen molar-refractivity contribution < 1.29 is 9.53 Å². The summed E-state index contributed by atoms with van der Waals surface area (Å²) in [5.41, 5.74) is 2.76. The Kier molecular flexibility index (Phi) is 4.77. The van der Waals surface area contributed by atoms with Gasteiger partial charge in [-0.25, -0.2) is 9.69 Å². The van der Waals surface area contributed by atoms with Gasteiger partial charge in [-0.15, -0.1) is 16.7 Å². The second kappa shape index (κ2) is 7.36. The molecule has 8 heteroatoms. The Hall–Kier alpha value is -2.93. The lowest BCUT2D eigenvalue weighted by Crippen LogP contribution is -2.53. The molecule has 2 heterocycles. The van der Waals surface area contributed by atoms with Crippen LogP contribution >= 0.6 is 11.6 Å². The van der Waals surface area contributed by atoms with E-state index in [1.54, 1.807) is 13.3 Å². The quantitative estimate of drug-likeness (QED) is 0.372. The zero-order chi connectivity index (χ0) is 18.8. The number of aryl methyl sites for hydroxylation is 1. The first-order chi connectivity index (χ1) is 13.2. The Bertz CT molecular complexity index is 985. The third kappa shape index (κ3) is 3.26. The van der Waals surface area contributed by atoms with E-state index in [1.807, 2.05) is 53.2 Å². The van der Waals surface area contributed by atoms with Crippen LogP contribution < -0.4 is 4.74 Å². The lowest BCUT2D eigenvalue weighted by molar-refractivity contribution is -0.145. The summed E-state index contributed by atoms with van der Waals surface area (Å²) < 4.78 is 6.99. The summed E-state index contributed by atoms with van der Waals surface area (Å²) in [7, 11) is 1.61. The van der Waals surface area contributed by atoms with Crippen LogP contribution in [-0.4, -0.2) is 44.6 Å². The molecule has 2 atom stereocenters. The maximum atomic E-state index is 12.1. The molecule has 7 nitrogen and oxygen atoms in total. The highest BCUT2D eigenvalue weighted by Gasteiger charge is 2.47. The Labute approximate surface area is 161 Å². The fourth-order valence-corrected chi connectivity index (χ4v) is 3.44. The number of rotatable bonds is 6. The number of alkyl halides is 1. The molecule has 1 fully saturated rings. The second-order valence-corrected chi connectivity index (χ2v) is 6.66. The van der Waals surface area contributed by atoms with E-state index in [2.05, 4.69) is 15.4 Å². The number of carbonyl (C=O) groups is 1. The number of ether oxygens (including phenoxy) is 1. The normalized spacial score (nSPS) is 19.6. The zero-order valence-electron chi connectivity index (χ0n) is 14.7. The number of hydrogen-bond acceptors (Lipinski definition) is 5. The number of β-lactam (4-membered cyclic amide) rings is 1. The standard InChI is InChI=1S/C19H18ClN5O2/c1-27-14-9-7-13(8-10-14)18-17(20)19(26)25(18)21-11-4-12-24-16-6-3-2-5-15(16)22-23-24/h2-3,5-11,17-18H,4,12H2,1H3/b21-11+. The minimum absolute atomic E-state index is 0.194. The first-order valence-corrected chi connectivity index (χ1v) is 9.04. The number of hydrazone groups is 1. The molecule has 2 unspecified atom stereocenters.